The van der Waals surface area contributed by atoms with Crippen molar-refractivity contribution in [1.29, 1.82) is 0 Å². The van der Waals surface area contributed by atoms with Crippen LogP contribution in [0.15, 0.2) is 52.8 Å². The molecule has 2 atom stereocenters. The van der Waals surface area contributed by atoms with Crippen LogP contribution in [-0.2, 0) is 32.6 Å². The Balaban J connectivity index is 0.00000462. The minimum absolute atomic E-state index is 0. The number of tetrazole rings is 1. The van der Waals surface area contributed by atoms with E-state index in [2.05, 4.69) is 26.2 Å². The number of aromatic nitrogens is 4. The van der Waals surface area contributed by atoms with E-state index in [4.69, 9.17) is 0 Å². The van der Waals surface area contributed by atoms with Crippen LogP contribution in [0.3, 0.4) is 0 Å². The molecule has 5 amide bonds. The van der Waals surface area contributed by atoms with Gasteiger partial charge in [-0.2, -0.15) is 0 Å². The number of hydrogen-bond donors (Lipinski definition) is 2. The minimum Gasteiger partial charge on any atom is -0.543 e. The van der Waals surface area contributed by atoms with Gasteiger partial charge in [-0.15, -0.1) is 16.9 Å². The van der Waals surface area contributed by atoms with E-state index in [1.165, 1.54) is 47.4 Å². The van der Waals surface area contributed by atoms with E-state index in [9.17, 15) is 29.1 Å². The molecule has 1 fully saturated rings. The predicted octanol–water partition coefficient (Wildman–Crippen LogP) is -3.48. The first-order valence-corrected chi connectivity index (χ1v) is 14.0. The van der Waals surface area contributed by atoms with E-state index in [1.54, 1.807) is 38.2 Å². The maximum Gasteiger partial charge on any atom is 1.00 e. The van der Waals surface area contributed by atoms with Crippen LogP contribution in [0.1, 0.15) is 12.5 Å². The SMILES string of the molecule is C/C=C/C(=O)N(C)C(=O)Nc1ccccc1CC(=O)NC1C(=O)N2C(C(=O)[O-])=C(CSc3nnnn3C)CS[C@H]12.[Na+]. The fraction of sp³-hybridized carbons (Fsp3) is 0.333. The van der Waals surface area contributed by atoms with Crippen molar-refractivity contribution in [3.8, 4) is 0 Å². The average Bonchev–Trinajstić information content (AvgIpc) is 3.34. The third-order valence-electron chi connectivity index (χ3n) is 6.07. The number of aryl methyl sites for hydroxylation is 1. The summed E-state index contributed by atoms with van der Waals surface area (Å²) >= 11 is 2.57. The Hall–Kier alpha value is -3.18. The van der Waals surface area contributed by atoms with Gasteiger partial charge in [-0.1, -0.05) is 36.0 Å². The van der Waals surface area contributed by atoms with Crippen molar-refractivity contribution in [2.24, 2.45) is 7.05 Å². The van der Waals surface area contributed by atoms with Gasteiger partial charge in [-0.3, -0.25) is 24.2 Å². The van der Waals surface area contributed by atoms with Gasteiger partial charge in [-0.25, -0.2) is 9.48 Å². The third kappa shape index (κ3) is 7.19. The standard InChI is InChI=1S/C24H26N8O6S2.Na/c1-4-7-17(34)30(2)23(38)25-15-9-6-5-8-13(15)10-16(33)26-18-20(35)32-19(22(36)37)14(11-39-21(18)32)12-40-24-27-28-29-31(24)3;/h4-9,18,21H,10-12H2,1-3H3,(H,25,38)(H,26,33)(H,36,37);/q;+1/p-1/b7-4+;/t18?,21-;/m1./s1. The predicted molar refractivity (Wildman–Crippen MR) is 143 cm³/mol. The van der Waals surface area contributed by atoms with Crippen LogP contribution in [0, 0.1) is 0 Å². The molecule has 0 spiro atoms. The number of nitrogens with zero attached hydrogens (tertiary/aromatic N) is 6. The number of β-lactam (4-membered cyclic amide) rings is 1. The molecule has 2 aromatic rings. The van der Waals surface area contributed by atoms with Gasteiger partial charge in [0.05, 0.1) is 18.1 Å². The second-order valence-electron chi connectivity index (χ2n) is 8.73. The van der Waals surface area contributed by atoms with Gasteiger partial charge in [0.25, 0.3) is 11.8 Å². The Morgan fingerprint density at radius 3 is 2.66 bits per heavy atom. The molecule has 14 nitrogen and oxygen atoms in total. The molecule has 2 aliphatic heterocycles. The van der Waals surface area contributed by atoms with Gasteiger partial charge in [0.1, 0.15) is 11.4 Å². The van der Waals surface area contributed by atoms with Crippen LogP contribution in [0.4, 0.5) is 10.5 Å². The maximum atomic E-state index is 13.0. The molecule has 0 saturated carbocycles. The summed E-state index contributed by atoms with van der Waals surface area (Å²) in [5.41, 5.74) is 1.09. The van der Waals surface area contributed by atoms with Crippen molar-refractivity contribution in [3.05, 3.63) is 53.3 Å². The van der Waals surface area contributed by atoms with Gasteiger partial charge in [-0.05, 0) is 40.6 Å². The number of hydrogen-bond acceptors (Lipinski definition) is 11. The van der Waals surface area contributed by atoms with Crippen LogP contribution in [-0.4, -0.2) is 89.7 Å². The Morgan fingerprint density at radius 1 is 1.27 bits per heavy atom. The number of imide groups is 1. The monoisotopic (exact) mass is 608 g/mol. The summed E-state index contributed by atoms with van der Waals surface area (Å²) in [7, 11) is 2.99. The van der Waals surface area contributed by atoms with Gasteiger partial charge < -0.3 is 20.5 Å². The average molecular weight is 609 g/mol. The molecule has 210 valence electrons. The number of amides is 5. The summed E-state index contributed by atoms with van der Waals surface area (Å²) in [4.78, 5) is 64.3. The number of allylic oxidation sites excluding steroid dienone is 1. The molecule has 2 aliphatic rings. The molecule has 0 aliphatic carbocycles. The van der Waals surface area contributed by atoms with Crippen LogP contribution < -0.4 is 45.3 Å². The van der Waals surface area contributed by atoms with Gasteiger partial charge in [0.2, 0.25) is 11.1 Å². The van der Waals surface area contributed by atoms with Crippen LogP contribution >= 0.6 is 23.5 Å². The second-order valence-corrected chi connectivity index (χ2v) is 10.8. The Labute approximate surface area is 265 Å². The molecule has 0 radical (unpaired) electrons. The van der Waals surface area contributed by atoms with E-state index in [0.717, 1.165) is 9.80 Å². The number of urea groups is 1. The van der Waals surface area contributed by atoms with Gasteiger partial charge in [0, 0.05) is 31.3 Å². The van der Waals surface area contributed by atoms with E-state index in [1.807, 2.05) is 0 Å². The zero-order chi connectivity index (χ0) is 29.0. The zero-order valence-electron chi connectivity index (χ0n) is 22.7. The molecule has 41 heavy (non-hydrogen) atoms. The second kappa shape index (κ2) is 14.1. The molecule has 1 aromatic heterocycles. The summed E-state index contributed by atoms with van der Waals surface area (Å²) in [5.74, 6) is -2.47. The molecule has 0 bridgehead atoms. The van der Waals surface area contributed by atoms with Crippen molar-refractivity contribution in [1.82, 2.24) is 35.3 Å². The topological polar surface area (TPSA) is 183 Å². The number of carboxylic acids is 1. The summed E-state index contributed by atoms with van der Waals surface area (Å²) in [5, 5.41) is 28.3. The number of nitrogens with one attached hydrogen (secondary N) is 2. The van der Waals surface area contributed by atoms with Gasteiger partial charge >= 0.3 is 35.6 Å². The maximum absolute atomic E-state index is 13.0. The number of thioether (sulfide) groups is 2. The molecule has 4 rings (SSSR count). The van der Waals surface area contributed by atoms with Crippen LogP contribution in [0.5, 0.6) is 0 Å². The molecule has 3 heterocycles. The quantitative estimate of drug-likeness (QED) is 0.125. The van der Waals surface area contributed by atoms with Crippen molar-refractivity contribution in [3.63, 3.8) is 0 Å². The molecular weight excluding hydrogens is 583 g/mol. The van der Waals surface area contributed by atoms with E-state index in [0.29, 0.717) is 27.7 Å². The third-order valence-corrected chi connectivity index (χ3v) is 8.50. The van der Waals surface area contributed by atoms with E-state index < -0.39 is 41.1 Å². The minimum atomic E-state index is -1.47. The van der Waals surface area contributed by atoms with E-state index >= 15 is 0 Å². The fourth-order valence-corrected chi connectivity index (χ4v) is 6.36. The number of likely N-dealkylation sites (N-methyl/N-ethyl adjacent to an activating group) is 1. The van der Waals surface area contributed by atoms with Gasteiger partial charge in [0.15, 0.2) is 0 Å². The zero-order valence-corrected chi connectivity index (χ0v) is 26.3. The molecule has 1 aromatic carbocycles. The van der Waals surface area contributed by atoms with Crippen molar-refractivity contribution in [2.75, 3.05) is 23.9 Å². The molecule has 17 heteroatoms. The summed E-state index contributed by atoms with van der Waals surface area (Å²) < 4.78 is 1.45. The summed E-state index contributed by atoms with van der Waals surface area (Å²) in [6, 6.07) is 4.99. The summed E-state index contributed by atoms with van der Waals surface area (Å²) in [6.45, 7) is 1.66. The number of rotatable bonds is 9. The number of aliphatic carboxylic acids is 1. The van der Waals surface area contributed by atoms with Crippen molar-refractivity contribution < 1.29 is 58.6 Å². The normalized spacial score (nSPS) is 17.8. The fourth-order valence-electron chi connectivity index (χ4n) is 4.03. The van der Waals surface area contributed by atoms with Crippen molar-refractivity contribution in [2.45, 2.75) is 29.9 Å². The molecule has 1 saturated heterocycles. The van der Waals surface area contributed by atoms with E-state index in [-0.39, 0.29) is 47.4 Å². The number of carbonyl (C=O) groups excluding carboxylic acids is 5. The molecular formula is C24H25N8NaO6S2. The number of para-hydroxylation sites is 1. The summed E-state index contributed by atoms with van der Waals surface area (Å²) in [6.07, 6.45) is 2.60. The number of fused-ring (bicyclic) bond motifs is 1. The van der Waals surface area contributed by atoms with Crippen molar-refractivity contribution >= 4 is 58.9 Å². The first kappa shape index (κ1) is 32.3. The Kier molecular flexibility index (Phi) is 11.1. The van der Waals surface area contributed by atoms with Crippen LogP contribution in [0.2, 0.25) is 0 Å². The van der Waals surface area contributed by atoms with Crippen LogP contribution in [0.25, 0.3) is 0 Å². The smallest absolute Gasteiger partial charge is 0.543 e. The number of anilines is 1. The largest absolute Gasteiger partial charge is 1.00 e. The first-order valence-electron chi connectivity index (χ1n) is 11.9. The number of carboxylic acid groups (broad SMARTS) is 1. The first-order chi connectivity index (χ1) is 19.1. The Bertz CT molecular complexity index is 1430. The number of benzene rings is 1. The number of carbonyl (C=O) groups is 5. The Morgan fingerprint density at radius 2 is 2.00 bits per heavy atom. The molecule has 1 unspecified atom stereocenters. The molecule has 2 N–H and O–H groups in total.